The lowest BCUT2D eigenvalue weighted by atomic mass is 10.2. The van der Waals surface area contributed by atoms with Crippen LogP contribution in [0.1, 0.15) is 10.4 Å². The van der Waals surface area contributed by atoms with Crippen molar-refractivity contribution in [2.75, 3.05) is 40.5 Å². The molecule has 0 spiro atoms. The van der Waals surface area contributed by atoms with E-state index in [0.29, 0.717) is 35.3 Å². The van der Waals surface area contributed by atoms with Crippen molar-refractivity contribution in [2.45, 2.75) is 6.10 Å². The fourth-order valence-corrected chi connectivity index (χ4v) is 2.37. The van der Waals surface area contributed by atoms with Gasteiger partial charge in [-0.1, -0.05) is 11.6 Å². The molecule has 1 saturated heterocycles. The fraction of sp³-hybridized carbons (Fsp3) is 0.500. The van der Waals surface area contributed by atoms with Crippen molar-refractivity contribution in [2.24, 2.45) is 0 Å². The molecule has 0 aromatic heterocycles. The molecule has 1 aliphatic heterocycles. The molecule has 1 heterocycles. The zero-order valence-electron chi connectivity index (χ0n) is 11.6. The van der Waals surface area contributed by atoms with Gasteiger partial charge in [0.2, 0.25) is 0 Å². The van der Waals surface area contributed by atoms with Crippen LogP contribution in [0, 0.1) is 0 Å². The maximum Gasteiger partial charge on any atom is 0.179 e. The van der Waals surface area contributed by atoms with Crippen molar-refractivity contribution in [3.05, 3.63) is 22.7 Å². The Hall–Kier alpha value is -1.30. The van der Waals surface area contributed by atoms with Crippen LogP contribution in [-0.4, -0.2) is 57.8 Å². The van der Waals surface area contributed by atoms with Gasteiger partial charge in [0.05, 0.1) is 18.7 Å². The van der Waals surface area contributed by atoms with Gasteiger partial charge in [0.25, 0.3) is 0 Å². The highest BCUT2D eigenvalue weighted by molar-refractivity contribution is 6.32. The summed E-state index contributed by atoms with van der Waals surface area (Å²) in [6.07, 6.45) is 0.720. The second-order valence-electron chi connectivity index (χ2n) is 4.72. The summed E-state index contributed by atoms with van der Waals surface area (Å²) in [7, 11) is 3.56. The molecule has 2 rings (SSSR count). The van der Waals surface area contributed by atoms with Gasteiger partial charge >= 0.3 is 0 Å². The third-order valence-corrected chi connectivity index (χ3v) is 3.42. The van der Waals surface area contributed by atoms with E-state index in [2.05, 4.69) is 4.90 Å². The molecule has 0 aliphatic carbocycles. The lowest BCUT2D eigenvalue weighted by molar-refractivity contribution is -0.0406. The van der Waals surface area contributed by atoms with Crippen LogP contribution in [0.3, 0.4) is 0 Å². The normalized spacial score (nSPS) is 19.6. The number of aldehydes is 1. The molecule has 0 saturated carbocycles. The van der Waals surface area contributed by atoms with Gasteiger partial charge in [0.15, 0.2) is 11.5 Å². The van der Waals surface area contributed by atoms with Crippen LogP contribution < -0.4 is 9.47 Å². The number of likely N-dealkylation sites (N-methyl/N-ethyl adjacent to an activating group) is 1. The summed E-state index contributed by atoms with van der Waals surface area (Å²) in [4.78, 5) is 13.0. The van der Waals surface area contributed by atoms with Crippen LogP contribution in [0.25, 0.3) is 0 Å². The van der Waals surface area contributed by atoms with E-state index < -0.39 is 0 Å². The van der Waals surface area contributed by atoms with Crippen molar-refractivity contribution < 1.29 is 19.0 Å². The number of carbonyl (C=O) groups is 1. The second kappa shape index (κ2) is 6.92. The second-order valence-corrected chi connectivity index (χ2v) is 5.13. The molecule has 1 unspecified atom stereocenters. The van der Waals surface area contributed by atoms with Crippen LogP contribution in [0.4, 0.5) is 0 Å². The van der Waals surface area contributed by atoms with Crippen molar-refractivity contribution >= 4 is 17.9 Å². The number of hydrogen-bond acceptors (Lipinski definition) is 5. The minimum Gasteiger partial charge on any atom is -0.493 e. The molecule has 0 radical (unpaired) electrons. The standard InChI is InChI=1S/C14H18ClNO4/c1-16-3-4-19-11(7-16)9-20-14-12(15)5-10(8-17)6-13(14)18-2/h5-6,8,11H,3-4,7,9H2,1-2H3. The first kappa shape index (κ1) is 15.1. The fourth-order valence-electron chi connectivity index (χ4n) is 2.09. The number of carbonyl (C=O) groups excluding carboxylic acids is 1. The van der Waals surface area contributed by atoms with E-state index in [1.54, 1.807) is 12.1 Å². The molecule has 1 fully saturated rings. The third-order valence-electron chi connectivity index (χ3n) is 3.14. The highest BCUT2D eigenvalue weighted by Gasteiger charge is 2.20. The molecule has 1 aromatic carbocycles. The Kier molecular flexibility index (Phi) is 5.23. The van der Waals surface area contributed by atoms with E-state index in [9.17, 15) is 4.79 Å². The lowest BCUT2D eigenvalue weighted by Gasteiger charge is -2.30. The summed E-state index contributed by atoms with van der Waals surface area (Å²) >= 11 is 6.12. The molecule has 110 valence electrons. The summed E-state index contributed by atoms with van der Waals surface area (Å²) in [5.41, 5.74) is 0.452. The first-order valence-electron chi connectivity index (χ1n) is 6.39. The maximum absolute atomic E-state index is 10.8. The number of ether oxygens (including phenoxy) is 3. The molecule has 1 aromatic rings. The molecule has 5 nitrogen and oxygen atoms in total. The summed E-state index contributed by atoms with van der Waals surface area (Å²) < 4.78 is 16.6. The van der Waals surface area contributed by atoms with Gasteiger partial charge in [0, 0.05) is 18.7 Å². The average molecular weight is 300 g/mol. The molecule has 0 N–H and O–H groups in total. The van der Waals surface area contributed by atoms with E-state index >= 15 is 0 Å². The van der Waals surface area contributed by atoms with E-state index in [4.69, 9.17) is 25.8 Å². The number of nitrogens with zero attached hydrogens (tertiary/aromatic N) is 1. The van der Waals surface area contributed by atoms with Gasteiger partial charge in [-0.2, -0.15) is 0 Å². The predicted octanol–water partition coefficient (Wildman–Crippen LogP) is 1.87. The number of halogens is 1. The van der Waals surface area contributed by atoms with E-state index in [-0.39, 0.29) is 6.10 Å². The minimum atomic E-state index is 0.000250. The van der Waals surface area contributed by atoms with Gasteiger partial charge in [-0.15, -0.1) is 0 Å². The monoisotopic (exact) mass is 299 g/mol. The van der Waals surface area contributed by atoms with Crippen LogP contribution in [0.2, 0.25) is 5.02 Å². The van der Waals surface area contributed by atoms with E-state index in [1.807, 2.05) is 7.05 Å². The topological polar surface area (TPSA) is 48.0 Å². The molecule has 20 heavy (non-hydrogen) atoms. The maximum atomic E-state index is 10.8. The number of benzene rings is 1. The summed E-state index contributed by atoms with van der Waals surface area (Å²) in [5, 5.41) is 0.357. The average Bonchev–Trinajstić information content (AvgIpc) is 2.45. The van der Waals surface area contributed by atoms with Gasteiger partial charge in [-0.3, -0.25) is 4.79 Å². The Labute approximate surface area is 123 Å². The van der Waals surface area contributed by atoms with Gasteiger partial charge in [0.1, 0.15) is 19.0 Å². The molecular weight excluding hydrogens is 282 g/mol. The number of methoxy groups -OCH3 is 1. The largest absolute Gasteiger partial charge is 0.493 e. The number of morpholine rings is 1. The highest BCUT2D eigenvalue weighted by atomic mass is 35.5. The predicted molar refractivity (Wildman–Crippen MR) is 76.1 cm³/mol. The molecule has 1 aliphatic rings. The number of hydrogen-bond donors (Lipinski definition) is 0. The van der Waals surface area contributed by atoms with Crippen LogP contribution in [0.5, 0.6) is 11.5 Å². The van der Waals surface area contributed by atoms with Crippen molar-refractivity contribution in [1.82, 2.24) is 4.90 Å². The Balaban J connectivity index is 2.06. The zero-order chi connectivity index (χ0) is 14.5. The molecular formula is C14H18ClNO4. The van der Waals surface area contributed by atoms with Crippen LogP contribution in [0.15, 0.2) is 12.1 Å². The number of rotatable bonds is 5. The molecule has 0 amide bonds. The quantitative estimate of drug-likeness (QED) is 0.777. The van der Waals surface area contributed by atoms with Gasteiger partial charge in [-0.05, 0) is 19.2 Å². The summed E-state index contributed by atoms with van der Waals surface area (Å²) in [5.74, 6) is 0.889. The Morgan fingerprint density at radius 3 is 3.00 bits per heavy atom. The lowest BCUT2D eigenvalue weighted by Crippen LogP contribution is -2.42. The van der Waals surface area contributed by atoms with Crippen molar-refractivity contribution in [1.29, 1.82) is 0 Å². The van der Waals surface area contributed by atoms with Crippen LogP contribution >= 0.6 is 11.6 Å². The van der Waals surface area contributed by atoms with E-state index in [0.717, 1.165) is 19.4 Å². The SMILES string of the molecule is COc1cc(C=O)cc(Cl)c1OCC1CN(C)CCO1. The molecule has 0 bridgehead atoms. The first-order valence-corrected chi connectivity index (χ1v) is 6.77. The van der Waals surface area contributed by atoms with Gasteiger partial charge in [-0.25, -0.2) is 0 Å². The first-order chi connectivity index (χ1) is 9.63. The van der Waals surface area contributed by atoms with Crippen molar-refractivity contribution in [3.8, 4) is 11.5 Å². The molecule has 6 heteroatoms. The van der Waals surface area contributed by atoms with Gasteiger partial charge < -0.3 is 19.1 Å². The Morgan fingerprint density at radius 2 is 2.35 bits per heavy atom. The third kappa shape index (κ3) is 3.62. The smallest absolute Gasteiger partial charge is 0.179 e. The Bertz CT molecular complexity index is 480. The van der Waals surface area contributed by atoms with Crippen molar-refractivity contribution in [3.63, 3.8) is 0 Å². The van der Waals surface area contributed by atoms with E-state index in [1.165, 1.54) is 7.11 Å². The van der Waals surface area contributed by atoms with Crippen LogP contribution in [-0.2, 0) is 4.74 Å². The highest BCUT2D eigenvalue weighted by Crippen LogP contribution is 2.36. The summed E-state index contributed by atoms with van der Waals surface area (Å²) in [6.45, 7) is 2.82. The summed E-state index contributed by atoms with van der Waals surface area (Å²) in [6, 6.07) is 3.16. The minimum absolute atomic E-state index is 0.000250. The molecule has 1 atom stereocenters. The zero-order valence-corrected chi connectivity index (χ0v) is 12.4. The Morgan fingerprint density at radius 1 is 1.55 bits per heavy atom.